The third kappa shape index (κ3) is 14.0. The topological polar surface area (TPSA) is 0 Å². The molecule has 0 radical (unpaired) electrons. The number of rotatable bonds is 9. The van der Waals surface area contributed by atoms with Gasteiger partial charge in [-0.3, -0.25) is 0 Å². The highest BCUT2D eigenvalue weighted by molar-refractivity contribution is 7.81. The Morgan fingerprint density at radius 3 is 1.71 bits per heavy atom. The average molecular weight is 307 g/mol. The molecule has 0 fully saturated rings. The maximum absolute atomic E-state index is 4.68. The van der Waals surface area contributed by atoms with Crippen molar-refractivity contribution >= 4 is 12.6 Å². The van der Waals surface area contributed by atoms with E-state index in [4.69, 9.17) is 0 Å². The number of hydrogen-bond donors (Lipinski definition) is 1. The van der Waals surface area contributed by atoms with Crippen molar-refractivity contribution in [3.05, 3.63) is 46.6 Å². The van der Waals surface area contributed by atoms with Crippen LogP contribution in [0.5, 0.6) is 0 Å². The molecular formula is C20H34S. The van der Waals surface area contributed by atoms with Crippen LogP contribution in [0.2, 0.25) is 0 Å². The molecule has 0 rings (SSSR count). The second-order valence-corrected chi connectivity index (χ2v) is 7.17. The summed E-state index contributed by atoms with van der Waals surface area (Å²) in [6.07, 6.45) is 14.9. The minimum Gasteiger partial charge on any atom is -0.171 e. The van der Waals surface area contributed by atoms with Crippen LogP contribution < -0.4 is 0 Å². The molecule has 0 aliphatic heterocycles. The molecule has 0 spiro atoms. The molecule has 120 valence electrons. The molecule has 0 amide bonds. The fourth-order valence-corrected chi connectivity index (χ4v) is 2.44. The maximum Gasteiger partial charge on any atom is 0.0233 e. The number of thiol groups is 1. The minimum atomic E-state index is 0.343. The molecule has 0 N–H and O–H groups in total. The molecule has 0 nitrogen and oxygen atoms in total. The van der Waals surface area contributed by atoms with Gasteiger partial charge in [0.05, 0.1) is 0 Å². The Bertz CT molecular complexity index is 400. The predicted octanol–water partition coefficient (Wildman–Crippen LogP) is 7.06. The highest BCUT2D eigenvalue weighted by Gasteiger charge is 1.99. The van der Waals surface area contributed by atoms with E-state index in [1.54, 1.807) is 0 Å². The zero-order valence-electron chi connectivity index (χ0n) is 14.9. The van der Waals surface area contributed by atoms with Gasteiger partial charge < -0.3 is 0 Å². The molecule has 0 aliphatic rings. The highest BCUT2D eigenvalue weighted by atomic mass is 32.1. The third-order valence-corrected chi connectivity index (χ3v) is 3.73. The lowest BCUT2D eigenvalue weighted by Gasteiger charge is -2.06. The van der Waals surface area contributed by atoms with Crippen molar-refractivity contribution in [3.8, 4) is 0 Å². The summed E-state index contributed by atoms with van der Waals surface area (Å²) >= 11 is 4.68. The van der Waals surface area contributed by atoms with E-state index >= 15 is 0 Å². The fraction of sp³-hybridized carbons (Fsp3) is 0.600. The van der Waals surface area contributed by atoms with Crippen molar-refractivity contribution in [1.82, 2.24) is 0 Å². The molecule has 0 aromatic heterocycles. The molecule has 0 heterocycles. The molecule has 0 bridgehead atoms. The first-order chi connectivity index (χ1) is 9.81. The molecule has 0 aromatic rings. The first kappa shape index (κ1) is 20.3. The van der Waals surface area contributed by atoms with Gasteiger partial charge in [0.15, 0.2) is 0 Å². The number of allylic oxidation sites excluding steroid dienone is 7. The van der Waals surface area contributed by atoms with Crippen LogP contribution in [0.25, 0.3) is 0 Å². The summed E-state index contributed by atoms with van der Waals surface area (Å²) in [5.41, 5.74) is 5.73. The van der Waals surface area contributed by atoms with Crippen molar-refractivity contribution in [2.75, 3.05) is 0 Å². The normalized spacial score (nSPS) is 13.9. The van der Waals surface area contributed by atoms with Crippen LogP contribution in [0.15, 0.2) is 46.6 Å². The van der Waals surface area contributed by atoms with Gasteiger partial charge in [0.25, 0.3) is 0 Å². The molecular weight excluding hydrogens is 272 g/mol. The van der Waals surface area contributed by atoms with Crippen LogP contribution in [-0.2, 0) is 0 Å². The predicted molar refractivity (Wildman–Crippen MR) is 102 cm³/mol. The Hall–Kier alpha value is -0.690. The summed E-state index contributed by atoms with van der Waals surface area (Å²) in [6.45, 7) is 13.1. The maximum atomic E-state index is 4.68. The van der Waals surface area contributed by atoms with Gasteiger partial charge >= 0.3 is 0 Å². The van der Waals surface area contributed by atoms with Crippen molar-refractivity contribution in [1.29, 1.82) is 0 Å². The second-order valence-electron chi connectivity index (χ2n) is 6.51. The van der Waals surface area contributed by atoms with Crippen LogP contribution in [0.1, 0.15) is 73.6 Å². The Balaban J connectivity index is 4.14. The molecule has 0 saturated carbocycles. The lowest BCUT2D eigenvalue weighted by atomic mass is 10.1. The SMILES string of the molecule is CC(C)=CCC/C(C)=C/CC(S)/C=C(\C)CCC=C(C)C. The Kier molecular flexibility index (Phi) is 11.5. The second kappa shape index (κ2) is 11.9. The van der Waals surface area contributed by atoms with Gasteiger partial charge in [-0.2, -0.15) is 12.6 Å². The van der Waals surface area contributed by atoms with Gasteiger partial charge in [-0.25, -0.2) is 0 Å². The molecule has 1 unspecified atom stereocenters. The first-order valence-electron chi connectivity index (χ1n) is 8.09. The highest BCUT2D eigenvalue weighted by Crippen LogP contribution is 2.15. The summed E-state index contributed by atoms with van der Waals surface area (Å²) in [5.74, 6) is 0. The molecule has 0 aliphatic carbocycles. The third-order valence-electron chi connectivity index (χ3n) is 3.37. The van der Waals surface area contributed by atoms with E-state index in [0.29, 0.717) is 5.25 Å². The van der Waals surface area contributed by atoms with E-state index in [2.05, 4.69) is 78.5 Å². The minimum absolute atomic E-state index is 0.343. The van der Waals surface area contributed by atoms with Crippen LogP contribution >= 0.6 is 12.6 Å². The largest absolute Gasteiger partial charge is 0.171 e. The standard InChI is InChI=1S/C20H34S/c1-16(2)9-7-11-18(5)13-14-20(21)15-19(6)12-8-10-17(3)4/h9-10,13,15,20-21H,7-8,11-12,14H2,1-6H3/b18-13+,19-15+. The van der Waals surface area contributed by atoms with Gasteiger partial charge in [-0.1, -0.05) is 46.6 Å². The lowest BCUT2D eigenvalue weighted by Crippen LogP contribution is -1.94. The van der Waals surface area contributed by atoms with Gasteiger partial charge in [-0.15, -0.1) is 0 Å². The van der Waals surface area contributed by atoms with Gasteiger partial charge in [0.1, 0.15) is 0 Å². The van der Waals surface area contributed by atoms with E-state index < -0.39 is 0 Å². The fourth-order valence-electron chi connectivity index (χ4n) is 2.08. The Morgan fingerprint density at radius 2 is 1.24 bits per heavy atom. The van der Waals surface area contributed by atoms with Gasteiger partial charge in [-0.05, 0) is 73.6 Å². The molecule has 1 heteroatoms. The first-order valence-corrected chi connectivity index (χ1v) is 8.60. The zero-order valence-corrected chi connectivity index (χ0v) is 15.8. The van der Waals surface area contributed by atoms with E-state index in [9.17, 15) is 0 Å². The summed E-state index contributed by atoms with van der Waals surface area (Å²) in [7, 11) is 0. The Morgan fingerprint density at radius 1 is 0.762 bits per heavy atom. The van der Waals surface area contributed by atoms with Crippen LogP contribution in [0.4, 0.5) is 0 Å². The van der Waals surface area contributed by atoms with Gasteiger partial charge in [0.2, 0.25) is 0 Å². The summed E-state index contributed by atoms with van der Waals surface area (Å²) in [5, 5.41) is 0.343. The van der Waals surface area contributed by atoms with Crippen LogP contribution in [0.3, 0.4) is 0 Å². The van der Waals surface area contributed by atoms with Crippen LogP contribution in [-0.4, -0.2) is 5.25 Å². The summed E-state index contributed by atoms with van der Waals surface area (Å²) in [6, 6.07) is 0. The van der Waals surface area contributed by atoms with Crippen molar-refractivity contribution in [3.63, 3.8) is 0 Å². The summed E-state index contributed by atoms with van der Waals surface area (Å²) in [4.78, 5) is 0. The zero-order chi connectivity index (χ0) is 16.3. The molecule has 21 heavy (non-hydrogen) atoms. The van der Waals surface area contributed by atoms with E-state index in [1.807, 2.05) is 0 Å². The monoisotopic (exact) mass is 306 g/mol. The van der Waals surface area contributed by atoms with Gasteiger partial charge in [0, 0.05) is 5.25 Å². The van der Waals surface area contributed by atoms with Crippen LogP contribution in [0, 0.1) is 0 Å². The molecule has 1 atom stereocenters. The van der Waals surface area contributed by atoms with E-state index in [1.165, 1.54) is 22.3 Å². The average Bonchev–Trinajstić information content (AvgIpc) is 2.35. The number of hydrogen-bond acceptors (Lipinski definition) is 1. The van der Waals surface area contributed by atoms with Crippen molar-refractivity contribution in [2.45, 2.75) is 78.9 Å². The molecule has 0 saturated heterocycles. The quantitative estimate of drug-likeness (QED) is 0.342. The lowest BCUT2D eigenvalue weighted by molar-refractivity contribution is 0.924. The van der Waals surface area contributed by atoms with E-state index in [-0.39, 0.29) is 0 Å². The van der Waals surface area contributed by atoms with Crippen molar-refractivity contribution in [2.24, 2.45) is 0 Å². The molecule has 0 aromatic carbocycles. The Labute approximate surface area is 138 Å². The van der Waals surface area contributed by atoms with E-state index in [0.717, 1.165) is 32.1 Å². The summed E-state index contributed by atoms with van der Waals surface area (Å²) < 4.78 is 0. The smallest absolute Gasteiger partial charge is 0.0233 e. The van der Waals surface area contributed by atoms with Crippen molar-refractivity contribution < 1.29 is 0 Å².